The maximum absolute atomic E-state index is 12.6. The van der Waals surface area contributed by atoms with E-state index in [2.05, 4.69) is 20.7 Å². The van der Waals surface area contributed by atoms with Crippen LogP contribution in [0.5, 0.6) is 0 Å². The average Bonchev–Trinajstić information content (AvgIpc) is 3.40. The number of anilines is 1. The molecule has 3 aromatic rings. The van der Waals surface area contributed by atoms with Gasteiger partial charge in [0.2, 0.25) is 11.8 Å². The van der Waals surface area contributed by atoms with Crippen molar-refractivity contribution in [1.29, 1.82) is 0 Å². The fourth-order valence-corrected chi connectivity index (χ4v) is 4.66. The summed E-state index contributed by atoms with van der Waals surface area (Å²) in [6, 6.07) is 7.48. The van der Waals surface area contributed by atoms with Crippen molar-refractivity contribution in [2.45, 2.75) is 36.6 Å². The second-order valence-electron chi connectivity index (χ2n) is 6.56. The van der Waals surface area contributed by atoms with Crippen LogP contribution in [0.4, 0.5) is 5.82 Å². The van der Waals surface area contributed by atoms with Gasteiger partial charge in [-0.25, -0.2) is 9.67 Å². The van der Waals surface area contributed by atoms with Crippen LogP contribution >= 0.6 is 23.5 Å². The number of nitrogens with zero attached hydrogens (tertiary/aromatic N) is 3. The lowest BCUT2D eigenvalue weighted by Crippen LogP contribution is -2.29. The van der Waals surface area contributed by atoms with Crippen LogP contribution < -0.4 is 10.6 Å². The minimum Gasteiger partial charge on any atom is -0.431 e. The van der Waals surface area contributed by atoms with Crippen LogP contribution in [-0.4, -0.2) is 38.9 Å². The molecule has 1 aromatic carbocycles. The Morgan fingerprint density at radius 2 is 2.14 bits per heavy atom. The van der Waals surface area contributed by atoms with Crippen molar-refractivity contribution in [3.63, 3.8) is 0 Å². The van der Waals surface area contributed by atoms with Crippen molar-refractivity contribution in [2.24, 2.45) is 0 Å². The van der Waals surface area contributed by atoms with E-state index in [0.717, 1.165) is 34.7 Å². The highest BCUT2D eigenvalue weighted by Gasteiger charge is 2.25. The first kappa shape index (κ1) is 19.8. The molecule has 10 heteroatoms. The summed E-state index contributed by atoms with van der Waals surface area (Å²) in [6.45, 7) is 2.71. The largest absolute Gasteiger partial charge is 0.431 e. The number of carbonyl (C=O) groups excluding carboxylic acids is 2. The molecule has 0 radical (unpaired) electrons. The van der Waals surface area contributed by atoms with Gasteiger partial charge in [0.05, 0.1) is 11.4 Å². The summed E-state index contributed by atoms with van der Waals surface area (Å²) < 4.78 is 7.23. The molecular weight excluding hydrogens is 410 g/mol. The summed E-state index contributed by atoms with van der Waals surface area (Å²) in [5, 5.41) is 10.8. The van der Waals surface area contributed by atoms with E-state index in [-0.39, 0.29) is 24.1 Å². The van der Waals surface area contributed by atoms with Gasteiger partial charge in [-0.3, -0.25) is 9.59 Å². The second kappa shape index (κ2) is 8.91. The minimum absolute atomic E-state index is 0.0888. The number of rotatable bonds is 8. The van der Waals surface area contributed by atoms with Crippen molar-refractivity contribution >= 4 is 52.3 Å². The van der Waals surface area contributed by atoms with Gasteiger partial charge < -0.3 is 15.1 Å². The molecule has 0 unspecified atom stereocenters. The first-order chi connectivity index (χ1) is 14.1. The fourth-order valence-electron chi connectivity index (χ4n) is 2.98. The van der Waals surface area contributed by atoms with Crippen molar-refractivity contribution < 1.29 is 14.0 Å². The van der Waals surface area contributed by atoms with Gasteiger partial charge in [-0.15, -0.1) is 0 Å². The third-order valence-corrected chi connectivity index (χ3v) is 6.14. The molecular formula is C19H21N5O3S2. The number of oxazole rings is 1. The standard InChI is InChI=1S/C19H21N5O3S2/c1-2-7-20-16(25)8-24-18(12-9-28-10-14(12)23-24)22-17(26)11-29-19-21-13-5-3-4-6-15(13)27-19/h3-6H,2,7-11H2,1H3,(H,20,25)(H,22,26). The quantitative estimate of drug-likeness (QED) is 0.529. The Balaban J connectivity index is 1.42. The lowest BCUT2D eigenvalue weighted by atomic mass is 10.3. The van der Waals surface area contributed by atoms with Crippen LogP contribution in [0.2, 0.25) is 0 Å². The van der Waals surface area contributed by atoms with Gasteiger partial charge in [-0.05, 0) is 18.6 Å². The number of aromatic nitrogens is 3. The van der Waals surface area contributed by atoms with Crippen LogP contribution in [0.15, 0.2) is 33.9 Å². The molecule has 3 heterocycles. The summed E-state index contributed by atoms with van der Waals surface area (Å²) in [4.78, 5) is 29.0. The Bertz CT molecular complexity index is 1010. The van der Waals surface area contributed by atoms with Gasteiger partial charge >= 0.3 is 0 Å². The average molecular weight is 432 g/mol. The number of carbonyl (C=O) groups is 2. The third-order valence-electron chi connectivity index (χ3n) is 4.34. The molecule has 0 saturated carbocycles. The Hall–Kier alpha value is -2.46. The predicted molar refractivity (Wildman–Crippen MR) is 114 cm³/mol. The summed E-state index contributed by atoms with van der Waals surface area (Å²) in [6.07, 6.45) is 0.870. The SMILES string of the molecule is CCCNC(=O)Cn1nc2c(c1NC(=O)CSc1nc3ccccc3o1)CSC2. The lowest BCUT2D eigenvalue weighted by molar-refractivity contribution is -0.122. The number of amides is 2. The molecule has 152 valence electrons. The zero-order valence-corrected chi connectivity index (χ0v) is 17.6. The van der Waals surface area contributed by atoms with Crippen LogP contribution in [0, 0.1) is 0 Å². The van der Waals surface area contributed by atoms with E-state index < -0.39 is 0 Å². The van der Waals surface area contributed by atoms with E-state index >= 15 is 0 Å². The highest BCUT2D eigenvalue weighted by Crippen LogP contribution is 2.35. The van der Waals surface area contributed by atoms with E-state index in [1.807, 2.05) is 31.2 Å². The number of fused-ring (bicyclic) bond motifs is 2. The molecule has 0 saturated heterocycles. The van der Waals surface area contributed by atoms with Gasteiger partial charge in [0.1, 0.15) is 17.9 Å². The number of para-hydroxylation sites is 2. The number of hydrogen-bond donors (Lipinski definition) is 2. The lowest BCUT2D eigenvalue weighted by Gasteiger charge is -2.10. The van der Waals surface area contributed by atoms with E-state index in [1.165, 1.54) is 11.8 Å². The molecule has 2 amide bonds. The summed E-state index contributed by atoms with van der Waals surface area (Å²) in [5.74, 6) is 2.03. The molecule has 0 fully saturated rings. The number of hydrogen-bond acceptors (Lipinski definition) is 7. The molecule has 4 rings (SSSR count). The zero-order chi connectivity index (χ0) is 20.2. The summed E-state index contributed by atoms with van der Waals surface area (Å²) >= 11 is 2.98. The molecule has 2 N–H and O–H groups in total. The predicted octanol–water partition coefficient (Wildman–Crippen LogP) is 3.03. The molecule has 29 heavy (non-hydrogen) atoms. The van der Waals surface area contributed by atoms with Crippen molar-refractivity contribution in [1.82, 2.24) is 20.1 Å². The van der Waals surface area contributed by atoms with Gasteiger partial charge in [0.15, 0.2) is 5.58 Å². The molecule has 0 atom stereocenters. The third kappa shape index (κ3) is 4.59. The Morgan fingerprint density at radius 1 is 1.28 bits per heavy atom. The number of thioether (sulfide) groups is 2. The summed E-state index contributed by atoms with van der Waals surface area (Å²) in [7, 11) is 0. The minimum atomic E-state index is -0.188. The molecule has 0 spiro atoms. The number of benzene rings is 1. The van der Waals surface area contributed by atoms with Crippen LogP contribution in [0.3, 0.4) is 0 Å². The summed E-state index contributed by atoms with van der Waals surface area (Å²) in [5.41, 5.74) is 3.39. The Labute approximate surface area is 176 Å². The van der Waals surface area contributed by atoms with Gasteiger partial charge in [-0.1, -0.05) is 30.8 Å². The van der Waals surface area contributed by atoms with Crippen LogP contribution in [-0.2, 0) is 27.6 Å². The maximum atomic E-state index is 12.6. The van der Waals surface area contributed by atoms with Gasteiger partial charge in [0.25, 0.3) is 5.22 Å². The van der Waals surface area contributed by atoms with Gasteiger partial charge in [0, 0.05) is 23.6 Å². The Kier molecular flexibility index (Phi) is 6.10. The topological polar surface area (TPSA) is 102 Å². The molecule has 2 aromatic heterocycles. The van der Waals surface area contributed by atoms with E-state index in [1.54, 1.807) is 16.4 Å². The highest BCUT2D eigenvalue weighted by molar-refractivity contribution is 7.99. The highest BCUT2D eigenvalue weighted by atomic mass is 32.2. The number of nitrogens with one attached hydrogen (secondary N) is 2. The zero-order valence-electron chi connectivity index (χ0n) is 15.9. The van der Waals surface area contributed by atoms with E-state index in [0.29, 0.717) is 23.2 Å². The van der Waals surface area contributed by atoms with Crippen molar-refractivity contribution in [2.75, 3.05) is 17.6 Å². The van der Waals surface area contributed by atoms with Crippen molar-refractivity contribution in [3.8, 4) is 0 Å². The first-order valence-electron chi connectivity index (χ1n) is 9.35. The molecule has 1 aliphatic rings. The van der Waals surface area contributed by atoms with E-state index in [4.69, 9.17) is 4.42 Å². The molecule has 1 aliphatic heterocycles. The molecule has 0 bridgehead atoms. The fraction of sp³-hybridized carbons (Fsp3) is 0.368. The van der Waals surface area contributed by atoms with Gasteiger partial charge in [-0.2, -0.15) is 16.9 Å². The molecule has 8 nitrogen and oxygen atoms in total. The van der Waals surface area contributed by atoms with Crippen LogP contribution in [0.1, 0.15) is 24.6 Å². The Morgan fingerprint density at radius 3 is 2.97 bits per heavy atom. The van der Waals surface area contributed by atoms with Crippen molar-refractivity contribution in [3.05, 3.63) is 35.5 Å². The monoisotopic (exact) mass is 431 g/mol. The van der Waals surface area contributed by atoms with Crippen LogP contribution in [0.25, 0.3) is 11.1 Å². The smallest absolute Gasteiger partial charge is 0.257 e. The second-order valence-corrected chi connectivity index (χ2v) is 8.47. The normalized spacial score (nSPS) is 12.9. The maximum Gasteiger partial charge on any atom is 0.257 e. The van der Waals surface area contributed by atoms with E-state index in [9.17, 15) is 9.59 Å². The molecule has 0 aliphatic carbocycles. The first-order valence-corrected chi connectivity index (χ1v) is 11.5.